The van der Waals surface area contributed by atoms with E-state index >= 15 is 0 Å². The van der Waals surface area contributed by atoms with Gasteiger partial charge >= 0.3 is 0 Å². The second-order valence-corrected chi connectivity index (χ2v) is 5.04. The number of hydrogen-bond acceptors (Lipinski definition) is 5. The molecule has 1 aromatic carbocycles. The van der Waals surface area contributed by atoms with Crippen molar-refractivity contribution >= 4 is 0 Å². The molecule has 1 unspecified atom stereocenters. The second kappa shape index (κ2) is 6.52. The number of nitrogens with one attached hydrogen (secondary N) is 1. The zero-order valence-corrected chi connectivity index (χ0v) is 12.4. The van der Waals surface area contributed by atoms with E-state index in [0.717, 1.165) is 11.3 Å². The van der Waals surface area contributed by atoms with Gasteiger partial charge in [0.05, 0.1) is 0 Å². The number of nitrogens with zero attached hydrogens (tertiary/aromatic N) is 2. The van der Waals surface area contributed by atoms with Gasteiger partial charge in [0.15, 0.2) is 6.61 Å². The van der Waals surface area contributed by atoms with Crippen molar-refractivity contribution in [3.63, 3.8) is 0 Å². The lowest BCUT2D eigenvalue weighted by Crippen LogP contribution is -2.13. The quantitative estimate of drug-likeness (QED) is 0.878. The smallest absolute Gasteiger partial charge is 0.229 e. The minimum absolute atomic E-state index is 0.225. The first-order chi connectivity index (χ1) is 9.61. The van der Waals surface area contributed by atoms with Gasteiger partial charge in [0.2, 0.25) is 11.7 Å². The van der Waals surface area contributed by atoms with Gasteiger partial charge in [-0.3, -0.25) is 0 Å². The van der Waals surface area contributed by atoms with Gasteiger partial charge in [-0.2, -0.15) is 4.98 Å². The second-order valence-electron chi connectivity index (χ2n) is 5.04. The van der Waals surface area contributed by atoms with Crippen molar-refractivity contribution in [2.45, 2.75) is 39.3 Å². The monoisotopic (exact) mass is 275 g/mol. The Morgan fingerprint density at radius 3 is 2.65 bits per heavy atom. The molecule has 1 atom stereocenters. The van der Waals surface area contributed by atoms with Crippen LogP contribution in [-0.2, 0) is 6.61 Å². The average molecular weight is 275 g/mol. The summed E-state index contributed by atoms with van der Waals surface area (Å²) in [6, 6.07) is 8.18. The van der Waals surface area contributed by atoms with Crippen molar-refractivity contribution in [3.8, 4) is 5.75 Å². The predicted octanol–water partition coefficient (Wildman–Crippen LogP) is 3.05. The van der Waals surface area contributed by atoms with Gasteiger partial charge in [-0.1, -0.05) is 37.2 Å². The summed E-state index contributed by atoms with van der Waals surface area (Å²) in [7, 11) is 1.93. The Hall–Kier alpha value is -1.88. The molecule has 5 heteroatoms. The summed E-state index contributed by atoms with van der Waals surface area (Å²) in [4.78, 5) is 4.30. The van der Waals surface area contributed by atoms with E-state index in [2.05, 4.69) is 22.4 Å². The number of aromatic nitrogens is 2. The maximum absolute atomic E-state index is 5.81. The SMILES string of the molecule is CNC(C)c1ccccc1OCc1noc(C(C)C)n1. The van der Waals surface area contributed by atoms with E-state index in [0.29, 0.717) is 18.3 Å². The van der Waals surface area contributed by atoms with Crippen LogP contribution in [0.2, 0.25) is 0 Å². The van der Waals surface area contributed by atoms with Crippen LogP contribution in [0.1, 0.15) is 50.0 Å². The molecule has 1 N–H and O–H groups in total. The zero-order chi connectivity index (χ0) is 14.5. The Kier molecular flexibility index (Phi) is 4.74. The lowest BCUT2D eigenvalue weighted by atomic mass is 10.1. The van der Waals surface area contributed by atoms with Gasteiger partial charge in [-0.15, -0.1) is 0 Å². The first-order valence-corrected chi connectivity index (χ1v) is 6.83. The van der Waals surface area contributed by atoms with Gasteiger partial charge in [0.1, 0.15) is 5.75 Å². The fraction of sp³-hybridized carbons (Fsp3) is 0.467. The maximum Gasteiger partial charge on any atom is 0.229 e. The van der Waals surface area contributed by atoms with Crippen molar-refractivity contribution in [2.24, 2.45) is 0 Å². The van der Waals surface area contributed by atoms with Gasteiger partial charge in [-0.25, -0.2) is 0 Å². The average Bonchev–Trinajstić information content (AvgIpc) is 2.93. The van der Waals surface area contributed by atoms with Crippen LogP contribution in [0.3, 0.4) is 0 Å². The van der Waals surface area contributed by atoms with Crippen LogP contribution in [0, 0.1) is 0 Å². The predicted molar refractivity (Wildman–Crippen MR) is 76.6 cm³/mol. The molecule has 0 radical (unpaired) electrons. The van der Waals surface area contributed by atoms with Crippen LogP contribution in [0.5, 0.6) is 5.75 Å². The molecule has 0 saturated heterocycles. The van der Waals surface area contributed by atoms with Crippen molar-refractivity contribution in [2.75, 3.05) is 7.05 Å². The van der Waals surface area contributed by atoms with Gasteiger partial charge < -0.3 is 14.6 Å². The number of benzene rings is 1. The third-order valence-electron chi connectivity index (χ3n) is 3.15. The Balaban J connectivity index is 2.06. The molecule has 1 aromatic heterocycles. The molecular formula is C15H21N3O2. The van der Waals surface area contributed by atoms with E-state index in [4.69, 9.17) is 9.26 Å². The van der Waals surface area contributed by atoms with Gasteiger partial charge in [0, 0.05) is 17.5 Å². The van der Waals surface area contributed by atoms with Gasteiger partial charge in [0.25, 0.3) is 0 Å². The highest BCUT2D eigenvalue weighted by molar-refractivity contribution is 5.35. The highest BCUT2D eigenvalue weighted by atomic mass is 16.5. The van der Waals surface area contributed by atoms with Crippen molar-refractivity contribution in [3.05, 3.63) is 41.5 Å². The molecule has 2 aromatic rings. The van der Waals surface area contributed by atoms with E-state index in [1.54, 1.807) is 0 Å². The van der Waals surface area contributed by atoms with E-state index in [1.165, 1.54) is 0 Å². The lowest BCUT2D eigenvalue weighted by Gasteiger charge is -2.15. The Labute approximate surface area is 119 Å². The topological polar surface area (TPSA) is 60.2 Å². The molecular weight excluding hydrogens is 254 g/mol. The summed E-state index contributed by atoms with van der Waals surface area (Å²) < 4.78 is 11.0. The fourth-order valence-corrected chi connectivity index (χ4v) is 1.83. The number of ether oxygens (including phenoxy) is 1. The molecule has 0 aliphatic carbocycles. The van der Waals surface area contributed by atoms with E-state index in [-0.39, 0.29) is 12.0 Å². The highest BCUT2D eigenvalue weighted by Crippen LogP contribution is 2.25. The van der Waals surface area contributed by atoms with Crippen LogP contribution in [0.4, 0.5) is 0 Å². The molecule has 0 aliphatic heterocycles. The van der Waals surface area contributed by atoms with Crippen LogP contribution in [-0.4, -0.2) is 17.2 Å². The normalized spacial score (nSPS) is 12.7. The largest absolute Gasteiger partial charge is 0.485 e. The van der Waals surface area contributed by atoms with Crippen LogP contribution in [0.15, 0.2) is 28.8 Å². The highest BCUT2D eigenvalue weighted by Gasteiger charge is 2.12. The van der Waals surface area contributed by atoms with Crippen molar-refractivity contribution in [1.29, 1.82) is 0 Å². The first-order valence-electron chi connectivity index (χ1n) is 6.83. The molecule has 0 saturated carbocycles. The third kappa shape index (κ3) is 3.36. The number of para-hydroxylation sites is 1. The molecule has 0 aliphatic rings. The zero-order valence-electron chi connectivity index (χ0n) is 12.4. The lowest BCUT2D eigenvalue weighted by molar-refractivity contribution is 0.280. The third-order valence-corrected chi connectivity index (χ3v) is 3.15. The summed E-state index contributed by atoms with van der Waals surface area (Å²) in [5, 5.41) is 7.13. The Morgan fingerprint density at radius 1 is 1.25 bits per heavy atom. The van der Waals surface area contributed by atoms with E-state index < -0.39 is 0 Å². The van der Waals surface area contributed by atoms with Crippen molar-refractivity contribution < 1.29 is 9.26 Å². The molecule has 0 amide bonds. The molecule has 5 nitrogen and oxygen atoms in total. The van der Waals surface area contributed by atoms with E-state index in [9.17, 15) is 0 Å². The molecule has 0 spiro atoms. The molecule has 0 bridgehead atoms. The summed E-state index contributed by atoms with van der Waals surface area (Å²) in [5.74, 6) is 2.28. The van der Waals surface area contributed by atoms with Crippen LogP contribution < -0.4 is 10.1 Å². The maximum atomic E-state index is 5.81. The summed E-state index contributed by atoms with van der Waals surface area (Å²) in [6.45, 7) is 6.43. The number of rotatable bonds is 6. The molecule has 108 valence electrons. The minimum atomic E-state index is 0.225. The Morgan fingerprint density at radius 2 is 2.00 bits per heavy atom. The van der Waals surface area contributed by atoms with Crippen LogP contribution in [0.25, 0.3) is 0 Å². The van der Waals surface area contributed by atoms with Crippen LogP contribution >= 0.6 is 0 Å². The summed E-state index contributed by atoms with van der Waals surface area (Å²) in [6.07, 6.45) is 0. The molecule has 2 rings (SSSR count). The Bertz CT molecular complexity index is 552. The summed E-state index contributed by atoms with van der Waals surface area (Å²) in [5.41, 5.74) is 1.11. The minimum Gasteiger partial charge on any atom is -0.485 e. The van der Waals surface area contributed by atoms with Crippen molar-refractivity contribution in [1.82, 2.24) is 15.5 Å². The first kappa shape index (κ1) is 14.5. The van der Waals surface area contributed by atoms with E-state index in [1.807, 2.05) is 45.2 Å². The standard InChI is InChI=1S/C15H21N3O2/c1-10(2)15-17-14(18-20-15)9-19-13-8-6-5-7-12(13)11(3)16-4/h5-8,10-11,16H,9H2,1-4H3. The number of hydrogen-bond donors (Lipinski definition) is 1. The molecule has 1 heterocycles. The van der Waals surface area contributed by atoms with Gasteiger partial charge in [-0.05, 0) is 20.0 Å². The molecule has 0 fully saturated rings. The fourth-order valence-electron chi connectivity index (χ4n) is 1.83. The summed E-state index contributed by atoms with van der Waals surface area (Å²) >= 11 is 0. The molecule has 20 heavy (non-hydrogen) atoms.